The molecule has 0 aliphatic rings. The minimum atomic E-state index is -0.424. The van der Waals surface area contributed by atoms with Crippen LogP contribution >= 0.6 is 0 Å². The molecule has 0 spiro atoms. The molecule has 0 saturated heterocycles. The van der Waals surface area contributed by atoms with Crippen LogP contribution in [0.2, 0.25) is 0 Å². The van der Waals surface area contributed by atoms with Gasteiger partial charge in [-0.05, 0) is 30.7 Å². The fraction of sp³-hybridized carbons (Fsp3) is 0.143. The number of carbonyl (C=O) groups is 1. The molecule has 0 aliphatic heterocycles. The number of H-pyrrole nitrogens is 1. The molecule has 0 aliphatic carbocycles. The van der Waals surface area contributed by atoms with Gasteiger partial charge in [-0.25, -0.2) is 0 Å². The van der Waals surface area contributed by atoms with Crippen LogP contribution in [-0.2, 0) is 6.54 Å². The number of aromatic nitrogens is 1. The van der Waals surface area contributed by atoms with E-state index in [1.54, 1.807) is 19.2 Å². The summed E-state index contributed by atoms with van der Waals surface area (Å²) in [7, 11) is 1.58. The van der Waals surface area contributed by atoms with E-state index in [9.17, 15) is 9.59 Å². The van der Waals surface area contributed by atoms with Crippen LogP contribution in [0.1, 0.15) is 21.5 Å². The summed E-state index contributed by atoms with van der Waals surface area (Å²) >= 11 is 0. The highest BCUT2D eigenvalue weighted by Crippen LogP contribution is 2.18. The number of ether oxygens (including phenoxy) is 1. The van der Waals surface area contributed by atoms with Crippen LogP contribution in [0.25, 0.3) is 11.3 Å². The number of rotatable bonds is 5. The third-order valence-corrected chi connectivity index (χ3v) is 4.15. The van der Waals surface area contributed by atoms with Gasteiger partial charge in [0.25, 0.3) is 11.5 Å². The van der Waals surface area contributed by atoms with Crippen molar-refractivity contribution in [2.24, 2.45) is 0 Å². The zero-order valence-electron chi connectivity index (χ0n) is 14.7. The van der Waals surface area contributed by atoms with Gasteiger partial charge in [0.05, 0.1) is 7.11 Å². The number of aryl methyl sites for hydroxylation is 1. The van der Waals surface area contributed by atoms with E-state index in [4.69, 9.17) is 4.74 Å². The summed E-state index contributed by atoms with van der Waals surface area (Å²) in [5.74, 6) is 0.268. The lowest BCUT2D eigenvalue weighted by Gasteiger charge is -2.09. The van der Waals surface area contributed by atoms with Crippen LogP contribution in [0.4, 0.5) is 0 Å². The van der Waals surface area contributed by atoms with Crippen molar-refractivity contribution in [3.63, 3.8) is 0 Å². The Kier molecular flexibility index (Phi) is 5.17. The van der Waals surface area contributed by atoms with Gasteiger partial charge >= 0.3 is 0 Å². The van der Waals surface area contributed by atoms with Gasteiger partial charge in [0.15, 0.2) is 0 Å². The normalized spacial score (nSPS) is 10.4. The molecule has 132 valence electrons. The van der Waals surface area contributed by atoms with E-state index in [1.165, 1.54) is 0 Å². The summed E-state index contributed by atoms with van der Waals surface area (Å²) < 4.78 is 5.26. The van der Waals surface area contributed by atoms with Crippen molar-refractivity contribution in [2.75, 3.05) is 7.11 Å². The van der Waals surface area contributed by atoms with Crippen LogP contribution in [0.5, 0.6) is 5.75 Å². The molecule has 5 heteroatoms. The Balaban J connectivity index is 1.76. The van der Waals surface area contributed by atoms with Crippen molar-refractivity contribution < 1.29 is 9.53 Å². The first-order valence-corrected chi connectivity index (χ1v) is 8.29. The number of hydrogen-bond donors (Lipinski definition) is 2. The second kappa shape index (κ2) is 7.70. The molecule has 5 nitrogen and oxygen atoms in total. The summed E-state index contributed by atoms with van der Waals surface area (Å²) in [6, 6.07) is 18.5. The van der Waals surface area contributed by atoms with Crippen LogP contribution < -0.4 is 15.6 Å². The van der Waals surface area contributed by atoms with E-state index in [0.717, 1.165) is 16.7 Å². The smallest absolute Gasteiger partial charge is 0.261 e. The summed E-state index contributed by atoms with van der Waals surface area (Å²) in [6.07, 6.45) is 0. The monoisotopic (exact) mass is 348 g/mol. The highest BCUT2D eigenvalue weighted by atomic mass is 16.5. The number of hydrogen-bond acceptors (Lipinski definition) is 3. The molecule has 3 rings (SSSR count). The Morgan fingerprint density at radius 1 is 1.04 bits per heavy atom. The lowest BCUT2D eigenvalue weighted by atomic mass is 10.1. The van der Waals surface area contributed by atoms with Crippen LogP contribution in [0.15, 0.2) is 65.5 Å². The summed E-state index contributed by atoms with van der Waals surface area (Å²) in [4.78, 5) is 27.4. The standard InChI is InChI=1S/C21H20N2O3/c1-14-7-9-15(10-8-14)18-12-11-17(21(25)23-18)20(24)22-13-16-5-3-4-6-19(16)26-2/h3-12H,13H2,1-2H3,(H,22,24)(H,23,25). The molecular formula is C21H20N2O3. The molecule has 2 N–H and O–H groups in total. The Morgan fingerprint density at radius 3 is 2.46 bits per heavy atom. The van der Waals surface area contributed by atoms with Crippen LogP contribution in [-0.4, -0.2) is 18.0 Å². The number of benzene rings is 2. The number of carbonyl (C=O) groups excluding carboxylic acids is 1. The average Bonchev–Trinajstić information content (AvgIpc) is 2.66. The summed E-state index contributed by atoms with van der Waals surface area (Å²) in [5, 5.41) is 2.76. The first-order valence-electron chi connectivity index (χ1n) is 8.29. The summed E-state index contributed by atoms with van der Waals surface area (Å²) in [5.41, 5.74) is 3.22. The fourth-order valence-corrected chi connectivity index (χ4v) is 2.67. The van der Waals surface area contributed by atoms with Crippen molar-refractivity contribution >= 4 is 5.91 Å². The van der Waals surface area contributed by atoms with Crippen molar-refractivity contribution in [3.8, 4) is 17.0 Å². The number of para-hydroxylation sites is 1. The SMILES string of the molecule is COc1ccccc1CNC(=O)c1ccc(-c2ccc(C)cc2)[nH]c1=O. The molecule has 0 atom stereocenters. The molecule has 1 amide bonds. The number of aromatic amines is 1. The zero-order chi connectivity index (χ0) is 18.5. The summed E-state index contributed by atoms with van der Waals surface area (Å²) in [6.45, 7) is 2.28. The maximum Gasteiger partial charge on any atom is 0.261 e. The average molecular weight is 348 g/mol. The number of amides is 1. The van der Waals surface area contributed by atoms with Crippen molar-refractivity contribution in [2.45, 2.75) is 13.5 Å². The molecule has 0 unspecified atom stereocenters. The molecule has 1 heterocycles. The Bertz CT molecular complexity index is 975. The van der Waals surface area contributed by atoms with E-state index in [-0.39, 0.29) is 12.1 Å². The van der Waals surface area contributed by atoms with Gasteiger partial charge in [0.1, 0.15) is 11.3 Å². The van der Waals surface area contributed by atoms with E-state index < -0.39 is 11.5 Å². The highest BCUT2D eigenvalue weighted by molar-refractivity contribution is 5.94. The quantitative estimate of drug-likeness (QED) is 0.743. The third-order valence-electron chi connectivity index (χ3n) is 4.15. The second-order valence-electron chi connectivity index (χ2n) is 5.98. The fourth-order valence-electron chi connectivity index (χ4n) is 2.67. The van der Waals surface area contributed by atoms with Crippen molar-refractivity contribution in [1.29, 1.82) is 0 Å². The van der Waals surface area contributed by atoms with Crippen molar-refractivity contribution in [1.82, 2.24) is 10.3 Å². The minimum Gasteiger partial charge on any atom is -0.496 e. The number of pyridine rings is 1. The van der Waals surface area contributed by atoms with Gasteiger partial charge in [-0.3, -0.25) is 9.59 Å². The number of methoxy groups -OCH3 is 1. The van der Waals surface area contributed by atoms with Crippen LogP contribution in [0.3, 0.4) is 0 Å². The zero-order valence-corrected chi connectivity index (χ0v) is 14.7. The van der Waals surface area contributed by atoms with Crippen molar-refractivity contribution in [3.05, 3.63) is 87.7 Å². The second-order valence-corrected chi connectivity index (χ2v) is 5.98. The van der Waals surface area contributed by atoms with E-state index >= 15 is 0 Å². The van der Waals surface area contributed by atoms with Gasteiger partial charge in [-0.15, -0.1) is 0 Å². The maximum atomic E-state index is 12.4. The Labute approximate surface area is 151 Å². The topological polar surface area (TPSA) is 71.2 Å². The van der Waals surface area contributed by atoms with Gasteiger partial charge < -0.3 is 15.0 Å². The lowest BCUT2D eigenvalue weighted by Crippen LogP contribution is -2.29. The van der Waals surface area contributed by atoms with Gasteiger partial charge in [0, 0.05) is 17.8 Å². The van der Waals surface area contributed by atoms with Gasteiger partial charge in [-0.1, -0.05) is 48.0 Å². The Hall–Kier alpha value is -3.34. The molecule has 0 radical (unpaired) electrons. The predicted octanol–water partition coefficient (Wildman–Crippen LogP) is 3.29. The Morgan fingerprint density at radius 2 is 1.77 bits per heavy atom. The maximum absolute atomic E-state index is 12.4. The predicted molar refractivity (Wildman–Crippen MR) is 101 cm³/mol. The van der Waals surface area contributed by atoms with E-state index in [1.807, 2.05) is 55.5 Å². The minimum absolute atomic E-state index is 0.0794. The van der Waals surface area contributed by atoms with Crippen LogP contribution in [0, 0.1) is 6.92 Å². The first-order chi connectivity index (χ1) is 12.6. The molecule has 2 aromatic carbocycles. The third kappa shape index (κ3) is 3.83. The molecule has 26 heavy (non-hydrogen) atoms. The van der Waals surface area contributed by atoms with E-state index in [0.29, 0.717) is 11.4 Å². The van der Waals surface area contributed by atoms with Gasteiger partial charge in [-0.2, -0.15) is 0 Å². The highest BCUT2D eigenvalue weighted by Gasteiger charge is 2.12. The molecule has 0 fully saturated rings. The van der Waals surface area contributed by atoms with E-state index in [2.05, 4.69) is 10.3 Å². The number of nitrogens with one attached hydrogen (secondary N) is 2. The largest absolute Gasteiger partial charge is 0.496 e. The molecule has 3 aromatic rings. The molecular weight excluding hydrogens is 328 g/mol. The first kappa shape index (κ1) is 17.5. The molecule has 1 aromatic heterocycles. The van der Waals surface area contributed by atoms with Gasteiger partial charge in [0.2, 0.25) is 0 Å². The molecule has 0 bridgehead atoms. The molecule has 0 saturated carbocycles. The lowest BCUT2D eigenvalue weighted by molar-refractivity contribution is 0.0949.